The van der Waals surface area contributed by atoms with Crippen LogP contribution in [0.1, 0.15) is 39.3 Å². The molecule has 2 heterocycles. The normalized spacial score (nSPS) is 12.1. The summed E-state index contributed by atoms with van der Waals surface area (Å²) in [6.45, 7) is 1.39. The maximum Gasteiger partial charge on any atom is 0.335 e. The fourth-order valence-corrected chi connectivity index (χ4v) is 4.82. The number of fused-ring (bicyclic) bond motifs is 1. The zero-order chi connectivity index (χ0) is 29.6. The number of pyridine rings is 1. The van der Waals surface area contributed by atoms with E-state index in [0.29, 0.717) is 54.8 Å². The van der Waals surface area contributed by atoms with Crippen molar-refractivity contribution >= 4 is 46.1 Å². The molecule has 0 spiro atoms. The van der Waals surface area contributed by atoms with E-state index in [1.54, 1.807) is 36.5 Å². The van der Waals surface area contributed by atoms with Crippen molar-refractivity contribution in [3.8, 4) is 11.5 Å². The van der Waals surface area contributed by atoms with Crippen molar-refractivity contribution in [1.82, 2.24) is 4.98 Å². The van der Waals surface area contributed by atoms with Crippen LogP contribution < -0.4 is 19.3 Å². The van der Waals surface area contributed by atoms with E-state index in [1.165, 1.54) is 12.1 Å². The first-order valence-electron chi connectivity index (χ1n) is 13.5. The number of carboxylic acids is 1. The molecule has 1 aliphatic rings. The lowest BCUT2D eigenvalue weighted by atomic mass is 10.0. The molecule has 1 aliphatic heterocycles. The lowest BCUT2D eigenvalue weighted by Crippen LogP contribution is -2.21. The molecule has 0 saturated heterocycles. The fourth-order valence-electron chi connectivity index (χ4n) is 4.69. The average molecular weight is 588 g/mol. The summed E-state index contributed by atoms with van der Waals surface area (Å²) in [7, 11) is 1.88. The summed E-state index contributed by atoms with van der Waals surface area (Å²) in [5, 5.41) is 19.9. The van der Waals surface area contributed by atoms with Gasteiger partial charge in [-0.15, -0.1) is 0 Å². The van der Waals surface area contributed by atoms with Gasteiger partial charge in [0.05, 0.1) is 17.4 Å². The number of carboxylic acid groups (broad SMARTS) is 1. The predicted molar refractivity (Wildman–Crippen MR) is 161 cm³/mol. The van der Waals surface area contributed by atoms with Crippen molar-refractivity contribution in [2.45, 2.75) is 12.8 Å². The van der Waals surface area contributed by atoms with Crippen molar-refractivity contribution in [1.29, 1.82) is 0 Å². The smallest absolute Gasteiger partial charge is 0.335 e. The summed E-state index contributed by atoms with van der Waals surface area (Å²) < 4.78 is 11.4. The Morgan fingerprint density at radius 3 is 2.21 bits per heavy atom. The third-order valence-corrected chi connectivity index (χ3v) is 7.20. The first kappa shape index (κ1) is 28.9. The number of anilines is 4. The van der Waals surface area contributed by atoms with Crippen LogP contribution in [0.5, 0.6) is 11.5 Å². The van der Waals surface area contributed by atoms with Gasteiger partial charge in [-0.05, 0) is 79.6 Å². The van der Waals surface area contributed by atoms with Crippen LogP contribution in [0.3, 0.4) is 0 Å². The highest BCUT2D eigenvalue weighted by atomic mass is 35.5. The minimum atomic E-state index is -1.16. The standard InChI is InChI=1S/C32H30ClN3O6/c1-35(24-6-4-23(33)5-7-24)26-8-10-28(34-20-26)31(38)21-16-22(32(39)40)18-27(17-21)36(12-2-3-13-37)25-9-11-29-30(19-25)42-15-14-41-29/h4-11,16-20,37H,2-3,12-15H2,1H3,(H,39,40). The summed E-state index contributed by atoms with van der Waals surface area (Å²) >= 11 is 6.00. The summed E-state index contributed by atoms with van der Waals surface area (Å²) in [4.78, 5) is 33.9. The van der Waals surface area contributed by atoms with Crippen LogP contribution in [0, 0.1) is 0 Å². The lowest BCUT2D eigenvalue weighted by Gasteiger charge is -2.28. The summed E-state index contributed by atoms with van der Waals surface area (Å²) in [5.41, 5.74) is 3.28. The third-order valence-electron chi connectivity index (χ3n) is 6.95. The minimum Gasteiger partial charge on any atom is -0.486 e. The molecule has 0 bridgehead atoms. The van der Waals surface area contributed by atoms with Gasteiger partial charge in [0.25, 0.3) is 0 Å². The Morgan fingerprint density at radius 1 is 0.833 bits per heavy atom. The molecule has 4 aromatic rings. The van der Waals surface area contributed by atoms with Gasteiger partial charge in [0.15, 0.2) is 11.5 Å². The highest BCUT2D eigenvalue weighted by Gasteiger charge is 2.21. The van der Waals surface area contributed by atoms with Gasteiger partial charge in [-0.2, -0.15) is 0 Å². The first-order valence-corrected chi connectivity index (χ1v) is 13.9. The molecule has 3 aromatic carbocycles. The monoisotopic (exact) mass is 587 g/mol. The van der Waals surface area contributed by atoms with E-state index in [4.69, 9.17) is 21.1 Å². The molecule has 2 N–H and O–H groups in total. The second-order valence-corrected chi connectivity index (χ2v) is 10.2. The number of nitrogens with zero attached hydrogens (tertiary/aromatic N) is 3. The zero-order valence-electron chi connectivity index (χ0n) is 23.0. The van der Waals surface area contributed by atoms with Crippen molar-refractivity contribution in [2.75, 3.05) is 43.2 Å². The Morgan fingerprint density at radius 2 is 1.52 bits per heavy atom. The number of rotatable bonds is 11. The Bertz CT molecular complexity index is 1580. The second kappa shape index (κ2) is 12.9. The van der Waals surface area contributed by atoms with Crippen LogP contribution >= 0.6 is 11.6 Å². The highest BCUT2D eigenvalue weighted by Crippen LogP contribution is 2.37. The van der Waals surface area contributed by atoms with Gasteiger partial charge < -0.3 is 29.5 Å². The largest absolute Gasteiger partial charge is 0.486 e. The Kier molecular flexibility index (Phi) is 8.90. The van der Waals surface area contributed by atoms with E-state index in [-0.39, 0.29) is 23.4 Å². The number of hydrogen-bond acceptors (Lipinski definition) is 8. The minimum absolute atomic E-state index is 0.0281. The Hall–Kier alpha value is -4.60. The van der Waals surface area contributed by atoms with E-state index >= 15 is 0 Å². The number of carbonyl (C=O) groups excluding carboxylic acids is 1. The molecular formula is C32H30ClN3O6. The number of ketones is 1. The van der Waals surface area contributed by atoms with Crippen LogP contribution in [-0.4, -0.2) is 60.4 Å². The van der Waals surface area contributed by atoms with E-state index < -0.39 is 11.8 Å². The van der Waals surface area contributed by atoms with Crippen molar-refractivity contribution in [2.24, 2.45) is 0 Å². The van der Waals surface area contributed by atoms with Gasteiger partial charge in [-0.1, -0.05) is 11.6 Å². The zero-order valence-corrected chi connectivity index (χ0v) is 23.8. The Labute approximate surface area is 248 Å². The van der Waals surface area contributed by atoms with Crippen molar-refractivity contribution in [3.05, 3.63) is 101 Å². The SMILES string of the molecule is CN(c1ccc(Cl)cc1)c1ccc(C(=O)c2cc(C(=O)O)cc(N(CCCCO)c3ccc4c(c3)OCCO4)c2)nc1. The van der Waals surface area contributed by atoms with Gasteiger partial charge in [-0.3, -0.25) is 9.78 Å². The highest BCUT2D eigenvalue weighted by molar-refractivity contribution is 6.30. The lowest BCUT2D eigenvalue weighted by molar-refractivity contribution is 0.0697. The fraction of sp³-hybridized carbons (Fsp3) is 0.219. The van der Waals surface area contributed by atoms with Gasteiger partial charge in [-0.25, -0.2) is 4.79 Å². The van der Waals surface area contributed by atoms with E-state index in [0.717, 1.165) is 17.1 Å². The predicted octanol–water partition coefficient (Wildman–Crippen LogP) is 6.11. The number of carbonyl (C=O) groups is 2. The molecule has 0 aliphatic carbocycles. The molecule has 0 fully saturated rings. The number of aliphatic hydroxyl groups is 1. The van der Waals surface area contributed by atoms with Crippen LogP contribution in [-0.2, 0) is 0 Å². The molecular weight excluding hydrogens is 558 g/mol. The third kappa shape index (κ3) is 6.48. The summed E-state index contributed by atoms with van der Waals surface area (Å²) in [6.07, 6.45) is 2.79. The first-order chi connectivity index (χ1) is 20.3. The molecule has 0 unspecified atom stereocenters. The maximum absolute atomic E-state index is 13.6. The number of unbranched alkanes of at least 4 members (excludes halogenated alkanes) is 1. The van der Waals surface area contributed by atoms with Gasteiger partial charge in [0.2, 0.25) is 5.78 Å². The number of hydrogen-bond donors (Lipinski definition) is 2. The maximum atomic E-state index is 13.6. The topological polar surface area (TPSA) is 112 Å². The van der Waals surface area contributed by atoms with E-state index in [2.05, 4.69) is 4.98 Å². The molecule has 10 heteroatoms. The molecule has 0 radical (unpaired) electrons. The average Bonchev–Trinajstić information content (AvgIpc) is 3.02. The van der Waals surface area contributed by atoms with Crippen molar-refractivity contribution in [3.63, 3.8) is 0 Å². The molecule has 42 heavy (non-hydrogen) atoms. The number of aromatic nitrogens is 1. The van der Waals surface area contributed by atoms with Gasteiger partial charge >= 0.3 is 5.97 Å². The van der Waals surface area contributed by atoms with Gasteiger partial charge in [0.1, 0.15) is 18.9 Å². The van der Waals surface area contributed by atoms with Crippen LogP contribution in [0.15, 0.2) is 79.0 Å². The van der Waals surface area contributed by atoms with Crippen LogP contribution in [0.2, 0.25) is 5.02 Å². The summed E-state index contributed by atoms with van der Waals surface area (Å²) in [5.74, 6) is -0.343. The number of aromatic carboxylic acids is 1. The molecule has 0 saturated carbocycles. The van der Waals surface area contributed by atoms with Gasteiger partial charge in [0, 0.05) is 53.9 Å². The number of ether oxygens (including phenoxy) is 2. The number of aliphatic hydroxyl groups excluding tert-OH is 1. The molecule has 0 atom stereocenters. The van der Waals surface area contributed by atoms with Crippen molar-refractivity contribution < 1.29 is 29.3 Å². The molecule has 216 valence electrons. The van der Waals surface area contributed by atoms with Crippen LogP contribution in [0.4, 0.5) is 22.7 Å². The summed E-state index contributed by atoms with van der Waals surface area (Å²) in [6, 6.07) is 20.8. The van der Waals surface area contributed by atoms with Crippen LogP contribution in [0.25, 0.3) is 0 Å². The molecule has 5 rings (SSSR count). The number of benzene rings is 3. The molecule has 9 nitrogen and oxygen atoms in total. The second-order valence-electron chi connectivity index (χ2n) is 9.75. The van der Waals surface area contributed by atoms with E-state index in [1.807, 2.05) is 47.2 Å². The van der Waals surface area contributed by atoms with E-state index in [9.17, 15) is 19.8 Å². The number of halogens is 1. The quantitative estimate of drug-likeness (QED) is 0.158. The molecule has 1 aromatic heterocycles. The Balaban J connectivity index is 1.47. The molecule has 0 amide bonds.